The Morgan fingerprint density at radius 2 is 1.41 bits per heavy atom. The Labute approximate surface area is 158 Å². The van der Waals surface area contributed by atoms with Gasteiger partial charge in [0.05, 0.1) is 11.1 Å². The number of fused-ring (bicyclic) bond motifs is 1. The van der Waals surface area contributed by atoms with Gasteiger partial charge in [0.25, 0.3) is 0 Å². The van der Waals surface area contributed by atoms with E-state index >= 15 is 0 Å². The number of nitrogens with zero attached hydrogens (tertiary/aromatic N) is 1. The molecule has 0 saturated carbocycles. The first-order chi connectivity index (χ1) is 13.0. The van der Waals surface area contributed by atoms with Gasteiger partial charge in [-0.05, 0) is 23.8 Å². The van der Waals surface area contributed by atoms with Crippen LogP contribution in [-0.4, -0.2) is 4.98 Å². The molecular weight excluding hydrogens is 367 g/mol. The Kier molecular flexibility index (Phi) is 4.62. The Morgan fingerprint density at radius 1 is 0.741 bits per heavy atom. The number of rotatable bonds is 3. The third-order valence-electron chi connectivity index (χ3n) is 4.20. The van der Waals surface area contributed by atoms with Crippen LogP contribution in [0.25, 0.3) is 22.0 Å². The molecule has 1 aromatic heterocycles. The van der Waals surface area contributed by atoms with Crippen molar-refractivity contribution in [1.29, 1.82) is 0 Å². The van der Waals surface area contributed by atoms with E-state index in [4.69, 9.17) is 0 Å². The molecule has 4 rings (SSSR count). The minimum atomic E-state index is -4.45. The van der Waals surface area contributed by atoms with Crippen LogP contribution in [0.4, 0.5) is 13.2 Å². The summed E-state index contributed by atoms with van der Waals surface area (Å²) in [6.45, 7) is 0. The van der Waals surface area contributed by atoms with Crippen molar-refractivity contribution in [3.8, 4) is 11.1 Å². The number of hydrogen-bond acceptors (Lipinski definition) is 2. The summed E-state index contributed by atoms with van der Waals surface area (Å²) in [4.78, 5) is 6.01. The summed E-state index contributed by atoms with van der Waals surface area (Å²) in [6, 6.07) is 23.4. The van der Waals surface area contributed by atoms with Crippen LogP contribution in [0.2, 0.25) is 0 Å². The highest BCUT2D eigenvalue weighted by Gasteiger charge is 2.33. The molecule has 0 radical (unpaired) electrons. The molecular formula is C22H14F3NS. The number of hydrogen-bond donors (Lipinski definition) is 0. The standard InChI is InChI=1S/C22H14F3NS/c23-22(24,25)18-13-7-12-17-20(15-8-3-1-4-9-15)19(14-26-21(17)18)27-16-10-5-2-6-11-16/h1-14H. The predicted octanol–water partition coefficient (Wildman–Crippen LogP) is 7.07. The van der Waals surface area contributed by atoms with Crippen molar-refractivity contribution < 1.29 is 13.2 Å². The Balaban J connectivity index is 1.99. The maximum absolute atomic E-state index is 13.5. The minimum absolute atomic E-state index is 0.0266. The second kappa shape index (κ2) is 7.08. The van der Waals surface area contributed by atoms with Gasteiger partial charge in [-0.1, -0.05) is 72.4 Å². The van der Waals surface area contributed by atoms with Gasteiger partial charge < -0.3 is 0 Å². The van der Waals surface area contributed by atoms with Crippen molar-refractivity contribution in [1.82, 2.24) is 4.98 Å². The molecule has 0 saturated heterocycles. The van der Waals surface area contributed by atoms with Crippen molar-refractivity contribution in [3.05, 3.63) is 90.6 Å². The van der Waals surface area contributed by atoms with Crippen molar-refractivity contribution >= 4 is 22.7 Å². The van der Waals surface area contributed by atoms with E-state index in [9.17, 15) is 13.2 Å². The molecule has 0 fully saturated rings. The van der Waals surface area contributed by atoms with Gasteiger partial charge in [0, 0.05) is 26.9 Å². The lowest BCUT2D eigenvalue weighted by Gasteiger charge is -2.16. The molecule has 1 nitrogen and oxygen atoms in total. The fraction of sp³-hybridized carbons (Fsp3) is 0.0455. The molecule has 0 amide bonds. The molecule has 4 aromatic rings. The van der Waals surface area contributed by atoms with Gasteiger partial charge in [0.15, 0.2) is 0 Å². The number of para-hydroxylation sites is 1. The molecule has 0 bridgehead atoms. The Hall–Kier alpha value is -2.79. The molecule has 0 aliphatic heterocycles. The molecule has 0 spiro atoms. The van der Waals surface area contributed by atoms with E-state index in [0.29, 0.717) is 5.39 Å². The molecule has 0 aliphatic rings. The maximum atomic E-state index is 13.5. The van der Waals surface area contributed by atoms with Gasteiger partial charge >= 0.3 is 6.18 Å². The zero-order chi connectivity index (χ0) is 18.9. The SMILES string of the molecule is FC(F)(F)c1cccc2c(-c3ccccc3)c(Sc3ccccc3)cnc12. The van der Waals surface area contributed by atoms with Crippen LogP contribution in [0.15, 0.2) is 94.9 Å². The molecule has 134 valence electrons. The number of halogens is 3. The summed E-state index contributed by atoms with van der Waals surface area (Å²) in [7, 11) is 0. The zero-order valence-electron chi connectivity index (χ0n) is 14.1. The zero-order valence-corrected chi connectivity index (χ0v) is 14.9. The second-order valence-corrected chi connectivity index (χ2v) is 7.09. The van der Waals surface area contributed by atoms with Gasteiger partial charge in [-0.3, -0.25) is 4.98 Å². The molecule has 0 unspecified atom stereocenters. The molecule has 5 heteroatoms. The van der Waals surface area contributed by atoms with Crippen molar-refractivity contribution in [3.63, 3.8) is 0 Å². The molecule has 3 aromatic carbocycles. The van der Waals surface area contributed by atoms with Gasteiger partial charge in [-0.2, -0.15) is 13.2 Å². The van der Waals surface area contributed by atoms with Crippen molar-refractivity contribution in [2.75, 3.05) is 0 Å². The number of aromatic nitrogens is 1. The molecule has 0 atom stereocenters. The molecule has 0 aliphatic carbocycles. The van der Waals surface area contributed by atoms with Crippen molar-refractivity contribution in [2.45, 2.75) is 16.0 Å². The summed E-state index contributed by atoms with van der Waals surface area (Å²) in [5.74, 6) is 0. The number of benzene rings is 3. The van der Waals surface area contributed by atoms with Crippen LogP contribution in [0, 0.1) is 0 Å². The van der Waals surface area contributed by atoms with Crippen LogP contribution >= 0.6 is 11.8 Å². The molecule has 27 heavy (non-hydrogen) atoms. The second-order valence-electron chi connectivity index (χ2n) is 5.98. The number of alkyl halides is 3. The lowest BCUT2D eigenvalue weighted by Crippen LogP contribution is -2.07. The van der Waals surface area contributed by atoms with E-state index in [1.165, 1.54) is 24.0 Å². The Bertz CT molecular complexity index is 1080. The van der Waals surface area contributed by atoms with Gasteiger partial charge in [0.2, 0.25) is 0 Å². The summed E-state index contributed by atoms with van der Waals surface area (Å²) in [5, 5.41) is 0.497. The van der Waals surface area contributed by atoms with Crippen molar-refractivity contribution in [2.24, 2.45) is 0 Å². The van der Waals surface area contributed by atoms with Crippen LogP contribution in [0.5, 0.6) is 0 Å². The summed E-state index contributed by atoms with van der Waals surface area (Å²) in [6.07, 6.45) is -2.91. The first kappa shape index (κ1) is 17.6. The van der Waals surface area contributed by atoms with E-state index in [1.807, 2.05) is 60.7 Å². The van der Waals surface area contributed by atoms with E-state index in [0.717, 1.165) is 27.0 Å². The topological polar surface area (TPSA) is 12.9 Å². The first-order valence-corrected chi connectivity index (χ1v) is 9.13. The monoisotopic (exact) mass is 381 g/mol. The van der Waals surface area contributed by atoms with Crippen LogP contribution in [-0.2, 0) is 6.18 Å². The smallest absolute Gasteiger partial charge is 0.254 e. The van der Waals surface area contributed by atoms with E-state index in [-0.39, 0.29) is 5.52 Å². The third kappa shape index (κ3) is 3.55. The van der Waals surface area contributed by atoms with Gasteiger partial charge in [0.1, 0.15) is 0 Å². The number of pyridine rings is 1. The van der Waals surface area contributed by atoms with Gasteiger partial charge in [-0.25, -0.2) is 0 Å². The average molecular weight is 381 g/mol. The minimum Gasteiger partial charge on any atom is -0.254 e. The highest BCUT2D eigenvalue weighted by Crippen LogP contribution is 2.42. The first-order valence-electron chi connectivity index (χ1n) is 8.31. The fourth-order valence-corrected chi connectivity index (χ4v) is 4.01. The predicted molar refractivity (Wildman–Crippen MR) is 103 cm³/mol. The quantitative estimate of drug-likeness (QED) is 0.376. The van der Waals surface area contributed by atoms with Gasteiger partial charge in [-0.15, -0.1) is 0 Å². The highest BCUT2D eigenvalue weighted by molar-refractivity contribution is 7.99. The van der Waals surface area contributed by atoms with Crippen LogP contribution in [0.3, 0.4) is 0 Å². The highest BCUT2D eigenvalue weighted by atomic mass is 32.2. The molecule has 0 N–H and O–H groups in total. The van der Waals surface area contributed by atoms with Crippen LogP contribution < -0.4 is 0 Å². The summed E-state index contributed by atoms with van der Waals surface area (Å²) >= 11 is 1.49. The largest absolute Gasteiger partial charge is 0.418 e. The maximum Gasteiger partial charge on any atom is 0.418 e. The fourth-order valence-electron chi connectivity index (χ4n) is 3.03. The van der Waals surface area contributed by atoms with E-state index in [2.05, 4.69) is 4.98 Å². The average Bonchev–Trinajstić information content (AvgIpc) is 2.68. The summed E-state index contributed by atoms with van der Waals surface area (Å²) < 4.78 is 40.4. The summed E-state index contributed by atoms with van der Waals surface area (Å²) in [5.41, 5.74) is 0.887. The third-order valence-corrected chi connectivity index (χ3v) is 5.24. The lowest BCUT2D eigenvalue weighted by molar-refractivity contribution is -0.136. The van der Waals surface area contributed by atoms with E-state index in [1.54, 1.807) is 6.07 Å². The van der Waals surface area contributed by atoms with E-state index < -0.39 is 11.7 Å². The molecule has 1 heterocycles. The lowest BCUT2D eigenvalue weighted by atomic mass is 9.99. The Morgan fingerprint density at radius 3 is 2.07 bits per heavy atom. The normalized spacial score (nSPS) is 11.7. The van der Waals surface area contributed by atoms with Crippen LogP contribution in [0.1, 0.15) is 5.56 Å².